The average molecular weight is 581 g/mol. The molecule has 1 fully saturated rings. The molecule has 0 aliphatic carbocycles. The van der Waals surface area contributed by atoms with Gasteiger partial charge in [0.25, 0.3) is 17.9 Å². The fraction of sp³-hybridized carbons (Fsp3) is 0.370. The molecule has 1 unspecified atom stereocenters. The third-order valence-electron chi connectivity index (χ3n) is 7.45. The van der Waals surface area contributed by atoms with Gasteiger partial charge in [-0.3, -0.25) is 9.52 Å². The fourth-order valence-corrected chi connectivity index (χ4v) is 5.83. The van der Waals surface area contributed by atoms with Crippen LogP contribution in [-0.2, 0) is 16.6 Å². The normalized spacial score (nSPS) is 18.9. The molecule has 3 N–H and O–H groups in total. The number of nitrogens with one attached hydrogen (secondary N) is 2. The Morgan fingerprint density at radius 2 is 1.82 bits per heavy atom. The lowest BCUT2D eigenvalue weighted by molar-refractivity contribution is -0.130. The van der Waals surface area contributed by atoms with Crippen molar-refractivity contribution in [3.63, 3.8) is 0 Å². The molecule has 1 saturated heterocycles. The summed E-state index contributed by atoms with van der Waals surface area (Å²) in [5.41, 5.74) is 1.79. The largest absolute Gasteiger partial charge is 0.381 e. The molecule has 0 saturated carbocycles. The first kappa shape index (κ1) is 28.0. The zero-order valence-electron chi connectivity index (χ0n) is 21.6. The number of nitrogens with zero attached hydrogens (tertiary/aromatic N) is 2. The van der Waals surface area contributed by atoms with Crippen molar-refractivity contribution in [2.75, 3.05) is 33.8 Å². The van der Waals surface area contributed by atoms with Crippen LogP contribution < -0.4 is 14.9 Å². The molecule has 13 heteroatoms. The van der Waals surface area contributed by atoms with Crippen LogP contribution in [0.4, 0.5) is 34.6 Å². The number of aromatic nitrogens is 1. The third kappa shape index (κ3) is 5.27. The smallest absolute Gasteiger partial charge is 0.280 e. The molecule has 0 bridgehead atoms. The first-order valence-corrected chi connectivity index (χ1v) is 14.5. The monoisotopic (exact) mass is 580 g/mol. The number of carbonyl (C=O) groups is 1. The quantitative estimate of drug-likeness (QED) is 0.335. The maximum absolute atomic E-state index is 14.2. The van der Waals surface area contributed by atoms with E-state index in [1.165, 1.54) is 31.2 Å². The van der Waals surface area contributed by atoms with Crippen LogP contribution >= 0.6 is 0 Å². The minimum Gasteiger partial charge on any atom is -0.381 e. The molecule has 3 heterocycles. The van der Waals surface area contributed by atoms with Crippen molar-refractivity contribution in [1.29, 1.82) is 0 Å². The van der Waals surface area contributed by atoms with E-state index in [4.69, 9.17) is 0 Å². The lowest BCUT2D eigenvalue weighted by Gasteiger charge is -2.31. The van der Waals surface area contributed by atoms with E-state index >= 15 is 0 Å². The Kier molecular flexibility index (Phi) is 7.29. The molecule has 1 aromatic heterocycles. The maximum atomic E-state index is 14.2. The Labute approximate surface area is 228 Å². The van der Waals surface area contributed by atoms with Crippen LogP contribution in [0, 0.1) is 0 Å². The molecule has 3 aromatic rings. The zero-order chi connectivity index (χ0) is 28.8. The molecule has 5 rings (SSSR count). The number of sulfonamides is 1. The number of hydrogen-bond donors (Lipinski definition) is 3. The van der Waals surface area contributed by atoms with Gasteiger partial charge in [0, 0.05) is 31.4 Å². The van der Waals surface area contributed by atoms with Crippen molar-refractivity contribution in [2.45, 2.75) is 44.8 Å². The van der Waals surface area contributed by atoms with E-state index in [1.807, 2.05) is 0 Å². The molecule has 2 aromatic carbocycles. The minimum absolute atomic E-state index is 0.00440. The fourth-order valence-electron chi connectivity index (χ4n) is 5.20. The summed E-state index contributed by atoms with van der Waals surface area (Å²) in [5, 5.41) is 13.5. The summed E-state index contributed by atoms with van der Waals surface area (Å²) in [6.07, 6.45) is -4.02. The highest BCUT2D eigenvalue weighted by atomic mass is 32.2. The van der Waals surface area contributed by atoms with Crippen molar-refractivity contribution in [3.8, 4) is 0 Å². The predicted molar refractivity (Wildman–Crippen MR) is 145 cm³/mol. The highest BCUT2D eigenvalue weighted by molar-refractivity contribution is 7.92. The van der Waals surface area contributed by atoms with Crippen LogP contribution in [0.1, 0.15) is 48.3 Å². The van der Waals surface area contributed by atoms with Crippen LogP contribution in [0.3, 0.4) is 0 Å². The van der Waals surface area contributed by atoms with Gasteiger partial charge in [0.05, 0.1) is 39.6 Å². The molecule has 8 nitrogen and oxygen atoms in total. The molecule has 0 radical (unpaired) electrons. The van der Waals surface area contributed by atoms with Gasteiger partial charge in [0.2, 0.25) is 10.0 Å². The number of carbonyl (C=O) groups excluding carboxylic acids is 1. The second kappa shape index (κ2) is 10.4. The van der Waals surface area contributed by atoms with E-state index in [9.17, 15) is 35.9 Å². The Hall–Kier alpha value is -3.58. The van der Waals surface area contributed by atoms with Gasteiger partial charge in [0.15, 0.2) is 6.10 Å². The number of amides is 1. The number of aliphatic hydroxyl groups excluding tert-OH is 1. The van der Waals surface area contributed by atoms with E-state index in [0.29, 0.717) is 22.3 Å². The van der Waals surface area contributed by atoms with E-state index < -0.39 is 40.5 Å². The molecule has 0 spiro atoms. The maximum Gasteiger partial charge on any atom is 0.280 e. The van der Waals surface area contributed by atoms with E-state index in [2.05, 4.69) is 10.0 Å². The van der Waals surface area contributed by atoms with Crippen LogP contribution in [0.15, 0.2) is 54.1 Å². The number of benzene rings is 2. The number of alkyl halides is 2. The lowest BCUT2D eigenvalue weighted by atomic mass is 10.0. The summed E-state index contributed by atoms with van der Waals surface area (Å²) in [5.74, 6) is -3.98. The van der Waals surface area contributed by atoms with Gasteiger partial charge in [0.1, 0.15) is 0 Å². The van der Waals surface area contributed by atoms with Gasteiger partial charge in [-0.2, -0.15) is 8.78 Å². The summed E-state index contributed by atoms with van der Waals surface area (Å²) in [4.78, 5) is 15.3. The summed E-state index contributed by atoms with van der Waals surface area (Å²) >= 11 is 0. The van der Waals surface area contributed by atoms with Gasteiger partial charge in [-0.25, -0.2) is 17.2 Å². The van der Waals surface area contributed by atoms with E-state index in [0.717, 1.165) is 0 Å². The van der Waals surface area contributed by atoms with Gasteiger partial charge >= 0.3 is 0 Å². The van der Waals surface area contributed by atoms with E-state index in [1.54, 1.807) is 27.7 Å². The second-order valence-electron chi connectivity index (χ2n) is 9.92. The van der Waals surface area contributed by atoms with Crippen LogP contribution in [0.2, 0.25) is 0 Å². The number of rotatable bonds is 6. The van der Waals surface area contributed by atoms with Crippen molar-refractivity contribution >= 4 is 43.9 Å². The summed E-state index contributed by atoms with van der Waals surface area (Å²) < 4.78 is 82.9. The molecule has 2 aliphatic heterocycles. The van der Waals surface area contributed by atoms with E-state index in [-0.39, 0.29) is 60.7 Å². The number of hydrogen-bond acceptors (Lipinski definition) is 5. The van der Waals surface area contributed by atoms with Gasteiger partial charge < -0.3 is 19.9 Å². The third-order valence-corrected chi connectivity index (χ3v) is 8.75. The Balaban J connectivity index is 1.50. The summed E-state index contributed by atoms with van der Waals surface area (Å²) in [6, 6.07) is 10.8. The molecular weight excluding hydrogens is 552 g/mol. The Morgan fingerprint density at radius 1 is 1.10 bits per heavy atom. The number of aliphatic hydroxyl groups is 1. The van der Waals surface area contributed by atoms with Crippen molar-refractivity contribution < 1.29 is 35.9 Å². The second-order valence-corrected chi connectivity index (χ2v) is 11.9. The average Bonchev–Trinajstić information content (AvgIpc) is 3.31. The summed E-state index contributed by atoms with van der Waals surface area (Å²) in [6.45, 7) is 1.88. The standard InChI is InChI=1S/C27H28F4N4O4S/c1-2-40(38,39)33-17-6-7-18(22(14-17)34-11-8-16(9-12-34)25(28)29)26(37)32-20-4-3-5-21-19(20)15-23-24(36)27(30,31)10-13-35(21)23/h3-7,14-15,24,33,36H,2,8-13H2,1H3,(H,32,37). The topological polar surface area (TPSA) is 104 Å². The number of anilines is 3. The van der Waals surface area contributed by atoms with Gasteiger partial charge in [-0.1, -0.05) is 6.07 Å². The Bertz CT molecular complexity index is 1610. The molecular formula is C27H28F4N4O4S. The SMILES string of the molecule is CCS(=O)(=O)Nc1ccc(C(=O)Nc2cccc3c2cc2n3CCC(F)(F)C2O)c(N2CCC(=C(F)F)CC2)c1. The molecule has 214 valence electrons. The van der Waals surface area contributed by atoms with Crippen molar-refractivity contribution in [2.24, 2.45) is 0 Å². The van der Waals surface area contributed by atoms with Crippen LogP contribution in [0.5, 0.6) is 0 Å². The first-order valence-electron chi connectivity index (χ1n) is 12.8. The van der Waals surface area contributed by atoms with Crippen LogP contribution in [-0.4, -0.2) is 48.8 Å². The Morgan fingerprint density at radius 3 is 2.50 bits per heavy atom. The first-order chi connectivity index (χ1) is 18.9. The predicted octanol–water partition coefficient (Wildman–Crippen LogP) is 5.48. The molecule has 40 heavy (non-hydrogen) atoms. The molecule has 2 aliphatic rings. The zero-order valence-corrected chi connectivity index (χ0v) is 22.4. The highest BCUT2D eigenvalue weighted by Gasteiger charge is 2.44. The number of aryl methyl sites for hydroxylation is 1. The van der Waals surface area contributed by atoms with Gasteiger partial charge in [-0.05, 0) is 61.7 Å². The van der Waals surface area contributed by atoms with Gasteiger partial charge in [-0.15, -0.1) is 0 Å². The van der Waals surface area contributed by atoms with Crippen molar-refractivity contribution in [1.82, 2.24) is 4.57 Å². The molecule has 1 atom stereocenters. The summed E-state index contributed by atoms with van der Waals surface area (Å²) in [7, 11) is -3.61. The van der Waals surface area contributed by atoms with Crippen molar-refractivity contribution in [3.05, 3.63) is 65.4 Å². The highest BCUT2D eigenvalue weighted by Crippen LogP contribution is 2.42. The lowest BCUT2D eigenvalue weighted by Crippen LogP contribution is -2.34. The van der Waals surface area contributed by atoms with Crippen LogP contribution in [0.25, 0.3) is 10.9 Å². The molecule has 1 amide bonds. The minimum atomic E-state index is -3.61. The number of piperidine rings is 1. The number of halogens is 4. The number of fused-ring (bicyclic) bond motifs is 3.